The lowest BCUT2D eigenvalue weighted by molar-refractivity contribution is -0.147. The second-order valence-electron chi connectivity index (χ2n) is 30.5. The molecule has 2 fully saturated rings. The van der Waals surface area contributed by atoms with Gasteiger partial charge in [0.25, 0.3) is 11.8 Å². The van der Waals surface area contributed by atoms with Gasteiger partial charge in [0.2, 0.25) is 67.3 Å². The van der Waals surface area contributed by atoms with Gasteiger partial charge in [-0.3, -0.25) is 57.4 Å². The first-order chi connectivity index (χ1) is 51.9. The molecule has 0 unspecified atom stereocenters. The molecule has 0 spiro atoms. The number of ether oxygens (including phenoxy) is 2. The van der Waals surface area contributed by atoms with Gasteiger partial charge >= 0.3 is 0 Å². The SMILES string of the molecule is CN[C@@H](C)C(=O)N[C@H](C(=O)N1CC[C@H]2OCc3cn(nn3)[C@H](C(=O)NS(C)(=O)=O)CCCNC(=O)[C@H](Cc3ccc4ccccc4c3)NC(=O)[C@@H]3[C@@H](CCN3C(=O)[C@@H](NC(=O)[C@H](C)NC)C(C)(C)C)OCc3cn(nn3)[C@H](C(=O)NS(C)(=O)=O)CCCNC(=O)[C@H](Cc3ccc4ccccc4c3)NC(=O)[C@H]21)C(C)(C)C. The monoisotopic (exact) mass is 1560 g/mol. The first-order valence-corrected chi connectivity index (χ1v) is 40.4. The minimum atomic E-state index is -4.18. The number of aromatic nitrogens is 6. The van der Waals surface area contributed by atoms with Gasteiger partial charge in [-0.05, 0) is 110 Å². The maximum absolute atomic E-state index is 15.5. The lowest BCUT2D eigenvalue weighted by atomic mass is 9.85. The Morgan fingerprint density at radius 1 is 0.527 bits per heavy atom. The van der Waals surface area contributed by atoms with Crippen molar-refractivity contribution >= 4 is 101 Å². The largest absolute Gasteiger partial charge is 0.369 e. The fraction of sp³-hybridized carbons (Fsp3) is 0.541. The lowest BCUT2D eigenvalue weighted by Gasteiger charge is -2.36. The molecule has 4 bridgehead atoms. The van der Waals surface area contributed by atoms with Crippen LogP contribution in [0.25, 0.3) is 21.5 Å². The van der Waals surface area contributed by atoms with Gasteiger partial charge in [0.1, 0.15) is 59.7 Å². The van der Waals surface area contributed by atoms with Gasteiger partial charge in [-0.15, -0.1) is 10.2 Å². The van der Waals surface area contributed by atoms with Gasteiger partial charge in [-0.2, -0.15) is 0 Å². The summed E-state index contributed by atoms with van der Waals surface area (Å²) in [4.78, 5) is 149. The van der Waals surface area contributed by atoms with Crippen molar-refractivity contribution in [3.8, 4) is 0 Å². The van der Waals surface area contributed by atoms with E-state index in [0.29, 0.717) is 11.1 Å². The van der Waals surface area contributed by atoms with Crippen molar-refractivity contribution in [2.24, 2.45) is 10.8 Å². The Balaban J connectivity index is 1.10. The van der Waals surface area contributed by atoms with Crippen LogP contribution in [0.5, 0.6) is 0 Å². The summed E-state index contributed by atoms with van der Waals surface area (Å²) in [5.41, 5.74) is -0.430. The Morgan fingerprint density at radius 3 is 1.24 bits per heavy atom. The smallest absolute Gasteiger partial charge is 0.258 e. The molecule has 0 radical (unpaired) electrons. The Bertz CT molecular complexity index is 4310. The second kappa shape index (κ2) is 36.3. The summed E-state index contributed by atoms with van der Waals surface area (Å²) in [6.07, 6.45) is 1.54. The van der Waals surface area contributed by atoms with Crippen LogP contribution in [0.15, 0.2) is 97.3 Å². The van der Waals surface area contributed by atoms with Gasteiger partial charge in [0.15, 0.2) is 0 Å². The molecule has 10 amide bonds. The van der Waals surface area contributed by atoms with E-state index in [1.807, 2.05) is 82.2 Å². The Morgan fingerprint density at radius 2 is 0.891 bits per heavy atom. The number of hydrogen-bond donors (Lipinski definition) is 10. The van der Waals surface area contributed by atoms with E-state index in [-0.39, 0.29) is 88.9 Å². The van der Waals surface area contributed by atoms with E-state index >= 15 is 19.2 Å². The highest BCUT2D eigenvalue weighted by molar-refractivity contribution is 7.89. The molecule has 2 aromatic heterocycles. The Labute approximate surface area is 639 Å². The van der Waals surface area contributed by atoms with Crippen LogP contribution in [-0.4, -0.2) is 229 Å². The lowest BCUT2D eigenvalue weighted by Crippen LogP contribution is -2.62. The number of likely N-dealkylation sites (tertiary alicyclic amines) is 2. The third kappa shape index (κ3) is 22.2. The van der Waals surface area contributed by atoms with Crippen LogP contribution < -0.4 is 52.0 Å². The van der Waals surface area contributed by atoms with E-state index in [1.165, 1.54) is 22.2 Å². The molecule has 596 valence electrons. The topological polar surface area (TPSA) is 446 Å². The summed E-state index contributed by atoms with van der Waals surface area (Å²) in [7, 11) is -5.19. The van der Waals surface area contributed by atoms with E-state index in [2.05, 4.69) is 63.2 Å². The predicted molar refractivity (Wildman–Crippen MR) is 405 cm³/mol. The van der Waals surface area contributed by atoms with Crippen LogP contribution >= 0.6 is 0 Å². The van der Waals surface area contributed by atoms with Crippen LogP contribution in [0, 0.1) is 10.8 Å². The van der Waals surface area contributed by atoms with E-state index in [1.54, 1.807) is 81.6 Å². The highest BCUT2D eigenvalue weighted by Crippen LogP contribution is 2.32. The molecule has 3 aliphatic rings. The summed E-state index contributed by atoms with van der Waals surface area (Å²) in [5, 5.41) is 43.5. The van der Waals surface area contributed by atoms with Crippen LogP contribution in [0.4, 0.5) is 0 Å². The highest BCUT2D eigenvalue weighted by atomic mass is 32.2. The van der Waals surface area contributed by atoms with Crippen LogP contribution in [0.3, 0.4) is 0 Å². The molecule has 6 aromatic rings. The van der Waals surface area contributed by atoms with Gasteiger partial charge in [0.05, 0.1) is 62.4 Å². The normalized spacial score (nSPS) is 22.5. The molecule has 12 atom stereocenters. The molecule has 2 saturated heterocycles. The molecule has 34 nitrogen and oxygen atoms in total. The van der Waals surface area contributed by atoms with Crippen molar-refractivity contribution in [3.63, 3.8) is 0 Å². The number of fused-ring (bicyclic) bond motifs is 8. The predicted octanol–water partition coefficient (Wildman–Crippen LogP) is 0.621. The first kappa shape index (κ1) is 84.1. The number of rotatable bonds is 16. The van der Waals surface area contributed by atoms with Gasteiger partial charge in [0, 0.05) is 39.0 Å². The number of amides is 10. The maximum atomic E-state index is 15.5. The Kier molecular flexibility index (Phi) is 27.8. The molecule has 4 aromatic carbocycles. The molecule has 9 rings (SSSR count). The van der Waals surface area contributed by atoms with Crippen molar-refractivity contribution in [2.45, 2.75) is 193 Å². The third-order valence-electron chi connectivity index (χ3n) is 19.7. The number of carbonyl (C=O) groups excluding carboxylic acids is 10. The first-order valence-electron chi connectivity index (χ1n) is 36.7. The van der Waals surface area contributed by atoms with Crippen molar-refractivity contribution in [1.29, 1.82) is 0 Å². The summed E-state index contributed by atoms with van der Waals surface area (Å²) >= 11 is 0. The average Bonchev–Trinajstić information content (AvgIpc) is 1.62. The number of hydrogen-bond acceptors (Lipinski definition) is 22. The van der Waals surface area contributed by atoms with Gasteiger partial charge in [-0.1, -0.05) is 137 Å². The molecule has 110 heavy (non-hydrogen) atoms. The van der Waals surface area contributed by atoms with E-state index in [4.69, 9.17) is 9.47 Å². The maximum Gasteiger partial charge on any atom is 0.258 e. The number of carbonyl (C=O) groups is 10. The quantitative estimate of drug-likeness (QED) is 0.0635. The molecule has 3 aliphatic heterocycles. The fourth-order valence-corrected chi connectivity index (χ4v) is 14.5. The summed E-state index contributed by atoms with van der Waals surface area (Å²) in [6.45, 7) is 12.5. The summed E-state index contributed by atoms with van der Waals surface area (Å²) in [5.74, 6) is -7.31. The summed E-state index contributed by atoms with van der Waals surface area (Å²) in [6, 6.07) is 13.8. The number of nitrogens with one attached hydrogen (secondary N) is 10. The molecule has 10 N–H and O–H groups in total. The average molecular weight is 1560 g/mol. The highest BCUT2D eigenvalue weighted by Gasteiger charge is 2.50. The minimum absolute atomic E-state index is 0.0109. The number of likely N-dealkylation sites (N-methyl/N-ethyl adjacent to an activating group) is 2. The molecule has 0 aliphatic carbocycles. The molecular weight excluding hydrogens is 1460 g/mol. The number of sulfonamides is 2. The zero-order valence-electron chi connectivity index (χ0n) is 64.0. The third-order valence-corrected chi connectivity index (χ3v) is 20.9. The van der Waals surface area contributed by atoms with Gasteiger partial charge in [-0.25, -0.2) is 26.2 Å². The van der Waals surface area contributed by atoms with Crippen molar-refractivity contribution in [2.75, 3.05) is 52.8 Å². The minimum Gasteiger partial charge on any atom is -0.369 e. The zero-order valence-corrected chi connectivity index (χ0v) is 65.6. The standard InChI is InChI=1S/C74H102N18O16S2/c1-43(75-9)63(93)81-61(73(3,4)5)71(101)89-33-29-57-59(89)69(99)79-53(37-45-25-27-47-19-13-15-21-49(47)35-45)65(95)77-31-17-23-56(68(98)86-110(12,105)106)92-40-52(84-88-92)42-108-58-30-34-90(72(102)62(74(6,7)8)82-64(94)44(2)76-10)60(58)70(100)80-54(38-46-26-28-48-20-14-16-22-50(48)36-46)66(96)78-32-18-24-55(67(97)85-109(11,103)104)91-39-51(41-107-57)83-87-91/h13-16,19-22,25-28,35-36,39-40,43-44,53-62,75-76H,17-18,23-24,29-34,37-38,41-42H2,1-12H3,(H,77,95)(H,78,96)(H,79,99)(H,80,100)(H,81,93)(H,82,94)(H,85,97)(H,86,98)/t43-,44-,53-,54-,55-,56-,57+,58+,59-,60-,61+,62+/m0/s1. The second-order valence-corrected chi connectivity index (χ2v) is 34.0. The molecule has 5 heterocycles. The van der Waals surface area contributed by atoms with Crippen LogP contribution in [-0.2, 0) is 104 Å². The van der Waals surface area contributed by atoms with E-state index in [9.17, 15) is 45.6 Å². The zero-order chi connectivity index (χ0) is 80.2. The van der Waals surface area contributed by atoms with Gasteiger partial charge < -0.3 is 61.8 Å². The van der Waals surface area contributed by atoms with Crippen LogP contribution in [0.1, 0.15) is 129 Å². The van der Waals surface area contributed by atoms with Crippen molar-refractivity contribution < 1.29 is 74.3 Å². The number of nitrogens with zero attached hydrogens (tertiary/aromatic N) is 8. The van der Waals surface area contributed by atoms with Crippen molar-refractivity contribution in [1.82, 2.24) is 91.8 Å². The molecule has 0 saturated carbocycles. The van der Waals surface area contributed by atoms with Crippen LogP contribution in [0.2, 0.25) is 0 Å². The summed E-state index contributed by atoms with van der Waals surface area (Å²) < 4.78 is 70.1. The fourth-order valence-electron chi connectivity index (χ4n) is 13.5. The van der Waals surface area contributed by atoms with E-state index in [0.717, 1.165) is 43.4 Å². The molecular formula is C74H102N18O16S2. The van der Waals surface area contributed by atoms with Crippen molar-refractivity contribution in [3.05, 3.63) is 120 Å². The molecule has 36 heteroatoms. The number of benzene rings is 4. The Hall–Kier alpha value is -9.88. The van der Waals surface area contributed by atoms with E-state index < -0.39 is 176 Å².